The second-order valence-electron chi connectivity index (χ2n) is 3.62. The number of nitrogens with two attached hydrogens (primary N) is 1. The van der Waals surface area contributed by atoms with E-state index in [-0.39, 0.29) is 11.7 Å². The van der Waals surface area contributed by atoms with Gasteiger partial charge in [0.05, 0.1) is 5.56 Å². The molecule has 0 bridgehead atoms. The maximum Gasteiger partial charge on any atom is 0.169 e. The van der Waals surface area contributed by atoms with Gasteiger partial charge >= 0.3 is 0 Å². The largest absolute Gasteiger partial charge is 0.383 e. The molecule has 2 N–H and O–H groups in total. The van der Waals surface area contributed by atoms with E-state index in [0.29, 0.717) is 11.4 Å². The fraction of sp³-hybridized carbons (Fsp3) is 0.455. The van der Waals surface area contributed by atoms with Crippen molar-refractivity contribution in [1.29, 1.82) is 0 Å². The molecule has 1 unspecified atom stereocenters. The smallest absolute Gasteiger partial charge is 0.169 e. The van der Waals surface area contributed by atoms with Crippen molar-refractivity contribution in [2.45, 2.75) is 27.2 Å². The molecular formula is C11H16N2O. The van der Waals surface area contributed by atoms with E-state index >= 15 is 0 Å². The Bertz CT molecular complexity index is 347. The molecule has 0 radical (unpaired) electrons. The number of hydrogen-bond acceptors (Lipinski definition) is 3. The average Bonchev–Trinajstić information content (AvgIpc) is 2.19. The lowest BCUT2D eigenvalue weighted by atomic mass is 9.97. The molecule has 76 valence electrons. The van der Waals surface area contributed by atoms with Crippen molar-refractivity contribution in [3.8, 4) is 0 Å². The molecule has 0 aromatic carbocycles. The lowest BCUT2D eigenvalue weighted by molar-refractivity contribution is 0.0928. The highest BCUT2D eigenvalue weighted by molar-refractivity contribution is 6.01. The van der Waals surface area contributed by atoms with Crippen LogP contribution in [-0.4, -0.2) is 10.8 Å². The summed E-state index contributed by atoms with van der Waals surface area (Å²) >= 11 is 0. The zero-order valence-electron chi connectivity index (χ0n) is 8.87. The molecule has 14 heavy (non-hydrogen) atoms. The highest BCUT2D eigenvalue weighted by Gasteiger charge is 2.16. The van der Waals surface area contributed by atoms with Crippen LogP contribution in [0.25, 0.3) is 0 Å². The summed E-state index contributed by atoms with van der Waals surface area (Å²) in [5.41, 5.74) is 7.17. The van der Waals surface area contributed by atoms with Crippen LogP contribution < -0.4 is 5.73 Å². The fourth-order valence-electron chi connectivity index (χ4n) is 1.23. The molecule has 1 atom stereocenters. The topological polar surface area (TPSA) is 56.0 Å². The molecule has 0 aliphatic rings. The van der Waals surface area contributed by atoms with Crippen LogP contribution in [0.15, 0.2) is 12.3 Å². The minimum absolute atomic E-state index is 0.0147. The minimum Gasteiger partial charge on any atom is -0.383 e. The first kappa shape index (κ1) is 10.7. The van der Waals surface area contributed by atoms with Crippen molar-refractivity contribution in [3.05, 3.63) is 23.4 Å². The van der Waals surface area contributed by atoms with E-state index in [1.54, 1.807) is 12.3 Å². The third kappa shape index (κ3) is 2.10. The first-order valence-corrected chi connectivity index (χ1v) is 4.82. The second-order valence-corrected chi connectivity index (χ2v) is 3.62. The number of nitrogens with zero attached hydrogens (tertiary/aromatic N) is 1. The monoisotopic (exact) mass is 192 g/mol. The second kappa shape index (κ2) is 4.22. The van der Waals surface area contributed by atoms with Gasteiger partial charge in [-0.1, -0.05) is 13.8 Å². The standard InChI is InChI=1S/C11H16N2O/c1-4-8(3)10(14)9-5-7(2)6-13-11(9)12/h5-6,8H,4H2,1-3H3,(H2,12,13). The van der Waals surface area contributed by atoms with E-state index in [2.05, 4.69) is 4.98 Å². The SMILES string of the molecule is CCC(C)C(=O)c1cc(C)cnc1N. The molecule has 0 saturated carbocycles. The van der Waals surface area contributed by atoms with Gasteiger partial charge in [0.25, 0.3) is 0 Å². The zero-order chi connectivity index (χ0) is 10.7. The van der Waals surface area contributed by atoms with E-state index in [1.165, 1.54) is 0 Å². The summed E-state index contributed by atoms with van der Waals surface area (Å²) in [5.74, 6) is 0.433. The normalized spacial score (nSPS) is 12.5. The Morgan fingerprint density at radius 1 is 1.64 bits per heavy atom. The number of nitrogen functional groups attached to an aromatic ring is 1. The van der Waals surface area contributed by atoms with Crippen molar-refractivity contribution in [1.82, 2.24) is 4.98 Å². The van der Waals surface area contributed by atoms with E-state index in [0.717, 1.165) is 12.0 Å². The van der Waals surface area contributed by atoms with Crippen LogP contribution >= 0.6 is 0 Å². The summed E-state index contributed by atoms with van der Waals surface area (Å²) in [4.78, 5) is 15.8. The number of Topliss-reactive ketones (excluding diaryl/α,β-unsaturated/α-hetero) is 1. The molecule has 1 heterocycles. The maximum absolute atomic E-state index is 11.8. The Balaban J connectivity index is 3.06. The van der Waals surface area contributed by atoms with Crippen molar-refractivity contribution in [3.63, 3.8) is 0 Å². The quantitative estimate of drug-likeness (QED) is 0.747. The molecule has 1 aromatic rings. The number of rotatable bonds is 3. The highest BCUT2D eigenvalue weighted by atomic mass is 16.1. The molecule has 0 fully saturated rings. The van der Waals surface area contributed by atoms with E-state index in [9.17, 15) is 4.79 Å². The fourth-order valence-corrected chi connectivity index (χ4v) is 1.23. The summed E-state index contributed by atoms with van der Waals surface area (Å²) < 4.78 is 0. The molecule has 0 spiro atoms. The first-order chi connectivity index (χ1) is 6.56. The van der Waals surface area contributed by atoms with Crippen LogP contribution in [0, 0.1) is 12.8 Å². The molecule has 1 aromatic heterocycles. The third-order valence-electron chi connectivity index (χ3n) is 2.38. The Hall–Kier alpha value is -1.38. The molecule has 3 nitrogen and oxygen atoms in total. The van der Waals surface area contributed by atoms with Gasteiger partial charge in [0.2, 0.25) is 0 Å². The van der Waals surface area contributed by atoms with Gasteiger partial charge in [-0.15, -0.1) is 0 Å². The van der Waals surface area contributed by atoms with Gasteiger partial charge in [-0.25, -0.2) is 4.98 Å². The Morgan fingerprint density at radius 2 is 2.29 bits per heavy atom. The predicted octanol–water partition coefficient (Wildman–Crippen LogP) is 2.20. The number of anilines is 1. The van der Waals surface area contributed by atoms with Gasteiger partial charge in [0, 0.05) is 12.1 Å². The predicted molar refractivity (Wildman–Crippen MR) is 57.2 cm³/mol. The summed E-state index contributed by atoms with van der Waals surface area (Å²) in [7, 11) is 0. The lowest BCUT2D eigenvalue weighted by Gasteiger charge is -2.09. The van der Waals surface area contributed by atoms with Crippen molar-refractivity contribution < 1.29 is 4.79 Å². The van der Waals surface area contributed by atoms with Crippen LogP contribution in [0.5, 0.6) is 0 Å². The van der Waals surface area contributed by atoms with Gasteiger partial charge in [0.15, 0.2) is 5.78 Å². The number of aromatic nitrogens is 1. The van der Waals surface area contributed by atoms with Gasteiger partial charge in [-0.05, 0) is 25.0 Å². The van der Waals surface area contributed by atoms with Gasteiger partial charge in [-0.3, -0.25) is 4.79 Å². The van der Waals surface area contributed by atoms with Gasteiger partial charge in [0.1, 0.15) is 5.82 Å². The third-order valence-corrected chi connectivity index (χ3v) is 2.38. The summed E-state index contributed by atoms with van der Waals surface area (Å²) in [6, 6.07) is 1.80. The molecule has 1 rings (SSSR count). The van der Waals surface area contributed by atoms with E-state index in [4.69, 9.17) is 5.73 Å². The molecule has 0 amide bonds. The van der Waals surface area contributed by atoms with Gasteiger partial charge in [-0.2, -0.15) is 0 Å². The Morgan fingerprint density at radius 3 is 2.86 bits per heavy atom. The van der Waals surface area contributed by atoms with Crippen molar-refractivity contribution >= 4 is 11.6 Å². The average molecular weight is 192 g/mol. The summed E-state index contributed by atoms with van der Waals surface area (Å²) in [6.45, 7) is 5.80. The van der Waals surface area contributed by atoms with Crippen LogP contribution in [0.3, 0.4) is 0 Å². The van der Waals surface area contributed by atoms with Crippen LogP contribution in [0.1, 0.15) is 36.2 Å². The van der Waals surface area contributed by atoms with Crippen molar-refractivity contribution in [2.24, 2.45) is 5.92 Å². The zero-order valence-corrected chi connectivity index (χ0v) is 8.87. The van der Waals surface area contributed by atoms with E-state index < -0.39 is 0 Å². The van der Waals surface area contributed by atoms with Crippen LogP contribution in [-0.2, 0) is 0 Å². The molecule has 0 aliphatic carbocycles. The number of aryl methyl sites for hydroxylation is 1. The van der Waals surface area contributed by atoms with Crippen LogP contribution in [0.4, 0.5) is 5.82 Å². The number of ketones is 1. The molecule has 0 aliphatic heterocycles. The Kier molecular flexibility index (Phi) is 3.23. The summed E-state index contributed by atoms with van der Waals surface area (Å²) in [6.07, 6.45) is 2.49. The first-order valence-electron chi connectivity index (χ1n) is 4.82. The lowest BCUT2D eigenvalue weighted by Crippen LogP contribution is -2.13. The maximum atomic E-state index is 11.8. The summed E-state index contributed by atoms with van der Waals surface area (Å²) in [5, 5.41) is 0. The minimum atomic E-state index is 0.0147. The number of pyridine rings is 1. The molecular weight excluding hydrogens is 176 g/mol. The molecule has 0 saturated heterocycles. The highest BCUT2D eigenvalue weighted by Crippen LogP contribution is 2.17. The van der Waals surface area contributed by atoms with E-state index in [1.807, 2.05) is 20.8 Å². The number of carbonyl (C=O) groups is 1. The van der Waals surface area contributed by atoms with Gasteiger partial charge < -0.3 is 5.73 Å². The van der Waals surface area contributed by atoms with Crippen molar-refractivity contribution in [2.75, 3.05) is 5.73 Å². The Labute approximate surface area is 84.3 Å². The van der Waals surface area contributed by atoms with Crippen LogP contribution in [0.2, 0.25) is 0 Å². The number of carbonyl (C=O) groups excluding carboxylic acids is 1. The number of hydrogen-bond donors (Lipinski definition) is 1. The molecule has 3 heteroatoms.